The van der Waals surface area contributed by atoms with E-state index >= 15 is 0 Å². The van der Waals surface area contributed by atoms with E-state index in [1.807, 2.05) is 0 Å². The molecule has 0 N–H and O–H groups in total. The molecule has 0 atom stereocenters. The Labute approximate surface area is 380 Å². The highest BCUT2D eigenvalue weighted by molar-refractivity contribution is 6.99. The van der Waals surface area contributed by atoms with E-state index in [1.54, 1.807) is 0 Å². The first-order valence-electron chi connectivity index (χ1n) is 22.6. The molecule has 3 aliphatic heterocycles. The van der Waals surface area contributed by atoms with Crippen molar-refractivity contribution in [2.24, 2.45) is 0 Å². The minimum absolute atomic E-state index is 0.0529. The van der Waals surface area contributed by atoms with E-state index in [4.69, 9.17) is 0 Å². The van der Waals surface area contributed by atoms with Crippen molar-refractivity contribution in [3.05, 3.63) is 277 Å². The second-order valence-corrected chi connectivity index (χ2v) is 17.2. The summed E-state index contributed by atoms with van der Waals surface area (Å²) in [6.45, 7) is -0.0529. The second kappa shape index (κ2) is 14.9. The molecule has 0 fully saturated rings. The van der Waals surface area contributed by atoms with Crippen LogP contribution in [0.25, 0.3) is 11.1 Å². The van der Waals surface area contributed by atoms with Crippen molar-refractivity contribution in [2.45, 2.75) is 5.41 Å². The maximum atomic E-state index is 2.58. The van der Waals surface area contributed by atoms with Crippen molar-refractivity contribution in [3.63, 3.8) is 0 Å². The lowest BCUT2D eigenvalue weighted by Crippen LogP contribution is -2.65. The topological polar surface area (TPSA) is 9.72 Å². The maximum absolute atomic E-state index is 2.58. The third-order valence-electron chi connectivity index (χ3n) is 13.9. The monoisotopic (exact) mass is 827 g/mol. The fourth-order valence-electron chi connectivity index (χ4n) is 11.3. The summed E-state index contributed by atoms with van der Waals surface area (Å²) < 4.78 is 0. The summed E-state index contributed by atoms with van der Waals surface area (Å²) in [6.07, 6.45) is 0. The van der Waals surface area contributed by atoms with Gasteiger partial charge < -0.3 is 14.7 Å². The lowest BCUT2D eigenvalue weighted by molar-refractivity contribution is 0.750. The molecule has 13 rings (SSSR count). The van der Waals surface area contributed by atoms with Crippen LogP contribution in [0.1, 0.15) is 22.3 Å². The lowest BCUT2D eigenvalue weighted by atomic mass is 9.29. The van der Waals surface area contributed by atoms with Gasteiger partial charge in [0.2, 0.25) is 6.71 Å². The Hall–Kier alpha value is -8.34. The van der Waals surface area contributed by atoms with Crippen LogP contribution >= 0.6 is 0 Å². The molecule has 3 nitrogen and oxygen atoms in total. The van der Waals surface area contributed by atoms with Crippen molar-refractivity contribution in [1.29, 1.82) is 0 Å². The summed E-state index contributed by atoms with van der Waals surface area (Å²) in [7, 11) is 0. The summed E-state index contributed by atoms with van der Waals surface area (Å²) in [5.74, 6) is 0. The van der Waals surface area contributed by atoms with Crippen molar-refractivity contribution >= 4 is 74.3 Å². The molecular formula is C61H42BN3. The fourth-order valence-corrected chi connectivity index (χ4v) is 11.3. The van der Waals surface area contributed by atoms with Crippen molar-refractivity contribution in [3.8, 4) is 11.1 Å². The molecule has 0 amide bonds. The molecule has 0 aromatic heterocycles. The highest BCUT2D eigenvalue weighted by Gasteiger charge is 2.53. The van der Waals surface area contributed by atoms with Crippen LogP contribution < -0.4 is 31.1 Å². The number of hydrogen-bond donors (Lipinski definition) is 0. The molecule has 3 heterocycles. The summed E-state index contributed by atoms with van der Waals surface area (Å²) in [5, 5.41) is 0. The molecule has 10 aromatic rings. The first kappa shape index (κ1) is 37.2. The number of hydrogen-bond acceptors (Lipinski definition) is 3. The molecule has 0 aliphatic carbocycles. The number of nitrogens with zero attached hydrogens (tertiary/aromatic N) is 3. The van der Waals surface area contributed by atoms with Gasteiger partial charge >= 0.3 is 0 Å². The van der Waals surface area contributed by atoms with Gasteiger partial charge in [-0.3, -0.25) is 0 Å². The molecule has 0 saturated carbocycles. The molecule has 4 heteroatoms. The van der Waals surface area contributed by atoms with Crippen LogP contribution in [0, 0.1) is 0 Å². The normalized spacial score (nSPS) is 13.8. The van der Waals surface area contributed by atoms with Gasteiger partial charge in [0.1, 0.15) is 0 Å². The van der Waals surface area contributed by atoms with Crippen molar-refractivity contribution < 1.29 is 0 Å². The summed E-state index contributed by atoms with van der Waals surface area (Å²) in [4.78, 5) is 7.64. The maximum Gasteiger partial charge on any atom is 0.247 e. The van der Waals surface area contributed by atoms with Crippen molar-refractivity contribution in [2.75, 3.05) is 14.7 Å². The van der Waals surface area contributed by atoms with Crippen LogP contribution in [0.4, 0.5) is 51.2 Å². The average molecular weight is 828 g/mol. The Balaban J connectivity index is 1.26. The first-order valence-corrected chi connectivity index (χ1v) is 22.6. The van der Waals surface area contributed by atoms with Crippen LogP contribution in [-0.2, 0) is 5.41 Å². The molecule has 10 aromatic carbocycles. The first-order chi connectivity index (χ1) is 32.3. The Morgan fingerprint density at radius 1 is 0.292 bits per heavy atom. The van der Waals surface area contributed by atoms with Crippen LogP contribution in [0.2, 0.25) is 0 Å². The summed E-state index contributed by atoms with van der Waals surface area (Å²) in [6, 6.07) is 94.2. The van der Waals surface area contributed by atoms with E-state index in [9.17, 15) is 0 Å². The van der Waals surface area contributed by atoms with Gasteiger partial charge in [-0.2, -0.15) is 0 Å². The van der Waals surface area contributed by atoms with Crippen LogP contribution in [0.15, 0.2) is 255 Å². The van der Waals surface area contributed by atoms with E-state index in [0.29, 0.717) is 0 Å². The smallest absolute Gasteiger partial charge is 0.247 e. The van der Waals surface area contributed by atoms with E-state index < -0.39 is 5.41 Å². The number of benzene rings is 10. The molecule has 0 saturated heterocycles. The largest absolute Gasteiger partial charge is 0.309 e. The van der Waals surface area contributed by atoms with Gasteiger partial charge in [-0.05, 0) is 105 Å². The SMILES string of the molecule is c1ccc(-c2cccc(N3c4ccccc4N(c4ccccc4)c4c3cc3c5c4N(c4ccccc4)c4ccccc4B5c4ccccc4C3(c3ccccc3)c3ccccc3)c2)cc1. The molecule has 65 heavy (non-hydrogen) atoms. The third kappa shape index (κ3) is 5.50. The molecule has 0 unspecified atom stereocenters. The molecule has 0 spiro atoms. The van der Waals surface area contributed by atoms with Crippen LogP contribution in [-0.4, -0.2) is 6.71 Å². The van der Waals surface area contributed by atoms with Gasteiger partial charge in [0.25, 0.3) is 0 Å². The number of para-hydroxylation sites is 5. The molecule has 304 valence electrons. The second-order valence-electron chi connectivity index (χ2n) is 17.2. The zero-order valence-electron chi connectivity index (χ0n) is 35.7. The average Bonchev–Trinajstić information content (AvgIpc) is 3.39. The number of rotatable bonds is 6. The predicted octanol–water partition coefficient (Wildman–Crippen LogP) is 13.6. The standard InChI is InChI=1S/C61H42BN3/c1-6-23-43(24-7-1)44-25-22-34-49(41-44)63-55-39-20-21-40-56(55)65(48-32-14-5-15-33-48)59-57(63)42-51-58-60(59)64(47-30-12-4-13-31-47)54-38-19-18-37-53(54)62(58)52-36-17-16-35-50(52)61(51,45-26-8-2-9-27-45)46-28-10-3-11-29-46/h1-42H. The van der Waals surface area contributed by atoms with Crippen LogP contribution in [0.5, 0.6) is 0 Å². The van der Waals surface area contributed by atoms with Gasteiger partial charge in [-0.15, -0.1) is 0 Å². The summed E-state index contributed by atoms with van der Waals surface area (Å²) >= 11 is 0. The van der Waals surface area contributed by atoms with Gasteiger partial charge in [0, 0.05) is 22.7 Å². The minimum Gasteiger partial charge on any atom is -0.309 e. The van der Waals surface area contributed by atoms with Crippen LogP contribution in [0.3, 0.4) is 0 Å². The third-order valence-corrected chi connectivity index (χ3v) is 13.9. The number of fused-ring (bicyclic) bond motifs is 7. The van der Waals surface area contributed by atoms with Gasteiger partial charge in [-0.25, -0.2) is 0 Å². The molecule has 0 radical (unpaired) electrons. The highest BCUT2D eigenvalue weighted by Crippen LogP contribution is 2.61. The Kier molecular flexibility index (Phi) is 8.54. The fraction of sp³-hybridized carbons (Fsp3) is 0.0164. The highest BCUT2D eigenvalue weighted by atomic mass is 15.3. The van der Waals surface area contributed by atoms with Gasteiger partial charge in [0.05, 0.1) is 33.9 Å². The van der Waals surface area contributed by atoms with E-state index in [2.05, 4.69) is 269 Å². The Morgan fingerprint density at radius 3 is 1.38 bits per heavy atom. The molecule has 0 bridgehead atoms. The van der Waals surface area contributed by atoms with E-state index in [-0.39, 0.29) is 6.71 Å². The predicted molar refractivity (Wildman–Crippen MR) is 272 cm³/mol. The lowest BCUT2D eigenvalue weighted by Gasteiger charge is -2.51. The van der Waals surface area contributed by atoms with E-state index in [0.717, 1.165) is 39.8 Å². The van der Waals surface area contributed by atoms with Crippen molar-refractivity contribution in [1.82, 2.24) is 0 Å². The Morgan fingerprint density at radius 2 is 0.754 bits per heavy atom. The summed E-state index contributed by atoms with van der Waals surface area (Å²) in [5.41, 5.74) is 20.8. The minimum atomic E-state index is -0.685. The quantitative estimate of drug-likeness (QED) is 0.155. The van der Waals surface area contributed by atoms with Gasteiger partial charge in [-0.1, -0.05) is 200 Å². The Bertz CT molecular complexity index is 3350. The van der Waals surface area contributed by atoms with Gasteiger partial charge in [0.15, 0.2) is 0 Å². The zero-order chi connectivity index (χ0) is 42.9. The molecule has 3 aliphatic rings. The zero-order valence-corrected chi connectivity index (χ0v) is 35.7. The number of anilines is 9. The molecular weight excluding hydrogens is 786 g/mol. The van der Waals surface area contributed by atoms with E-state index in [1.165, 1.54) is 61.1 Å².